The Morgan fingerprint density at radius 2 is 2.33 bits per heavy atom. The summed E-state index contributed by atoms with van der Waals surface area (Å²) < 4.78 is 0. The van der Waals surface area contributed by atoms with Gasteiger partial charge in [-0.15, -0.1) is 6.58 Å². The van der Waals surface area contributed by atoms with Crippen molar-refractivity contribution in [1.29, 1.82) is 0 Å². The van der Waals surface area contributed by atoms with Crippen molar-refractivity contribution in [2.45, 2.75) is 25.4 Å². The maximum Gasteiger partial charge on any atom is 0.233 e. The normalized spacial score (nSPS) is 25.1. The summed E-state index contributed by atoms with van der Waals surface area (Å²) in [5, 5.41) is 15.1. The molecule has 1 rings (SSSR count). The number of rotatable bonds is 6. The van der Waals surface area contributed by atoms with E-state index in [0.29, 0.717) is 25.6 Å². The summed E-state index contributed by atoms with van der Waals surface area (Å²) in [6.45, 7) is 5.22. The fourth-order valence-corrected chi connectivity index (χ4v) is 1.84. The molecule has 0 aromatic carbocycles. The van der Waals surface area contributed by atoms with E-state index < -0.39 is 0 Å². The van der Waals surface area contributed by atoms with E-state index in [9.17, 15) is 9.90 Å². The van der Waals surface area contributed by atoms with Crippen LogP contribution < -0.4 is 10.6 Å². The Hall–Kier alpha value is -0.870. The van der Waals surface area contributed by atoms with E-state index >= 15 is 0 Å². The summed E-state index contributed by atoms with van der Waals surface area (Å²) in [6.07, 6.45) is 4.27. The van der Waals surface area contributed by atoms with Crippen LogP contribution in [-0.4, -0.2) is 36.8 Å². The van der Waals surface area contributed by atoms with E-state index in [2.05, 4.69) is 17.2 Å². The zero-order valence-electron chi connectivity index (χ0n) is 9.04. The molecule has 1 amide bonds. The second-order valence-electron chi connectivity index (χ2n) is 4.06. The minimum atomic E-state index is -0.161. The van der Waals surface area contributed by atoms with E-state index in [0.717, 1.165) is 19.3 Å². The van der Waals surface area contributed by atoms with Crippen LogP contribution in [0.4, 0.5) is 0 Å². The molecule has 1 fully saturated rings. The van der Waals surface area contributed by atoms with Crippen LogP contribution in [0.5, 0.6) is 0 Å². The SMILES string of the molecule is C=CCNCC(=O)NCC1CCC(O)C1. The first-order valence-corrected chi connectivity index (χ1v) is 5.48. The van der Waals surface area contributed by atoms with Crippen LogP contribution in [0.15, 0.2) is 12.7 Å². The lowest BCUT2D eigenvalue weighted by molar-refractivity contribution is -0.120. The quantitative estimate of drug-likeness (QED) is 0.430. The van der Waals surface area contributed by atoms with Crippen LogP contribution in [0.2, 0.25) is 0 Å². The molecule has 0 aliphatic heterocycles. The second kappa shape index (κ2) is 6.58. The Kier molecular flexibility index (Phi) is 5.36. The van der Waals surface area contributed by atoms with Crippen LogP contribution >= 0.6 is 0 Å². The minimum absolute atomic E-state index is 0.0123. The molecule has 1 saturated carbocycles. The van der Waals surface area contributed by atoms with Gasteiger partial charge in [-0.3, -0.25) is 4.79 Å². The first-order valence-electron chi connectivity index (χ1n) is 5.48. The number of amides is 1. The first kappa shape index (κ1) is 12.2. The van der Waals surface area contributed by atoms with E-state index in [4.69, 9.17) is 0 Å². The average Bonchev–Trinajstić information content (AvgIpc) is 2.62. The Balaban J connectivity index is 2.03. The molecule has 0 spiro atoms. The van der Waals surface area contributed by atoms with Crippen LogP contribution in [0.3, 0.4) is 0 Å². The highest BCUT2D eigenvalue weighted by Gasteiger charge is 2.22. The van der Waals surface area contributed by atoms with Crippen molar-refractivity contribution in [3.63, 3.8) is 0 Å². The summed E-state index contributed by atoms with van der Waals surface area (Å²) >= 11 is 0. The fraction of sp³-hybridized carbons (Fsp3) is 0.727. The summed E-state index contributed by atoms with van der Waals surface area (Å²) in [7, 11) is 0. The molecule has 4 heteroatoms. The standard InChI is InChI=1S/C11H20N2O2/c1-2-5-12-8-11(15)13-7-9-3-4-10(14)6-9/h2,9-10,12,14H,1,3-8H2,(H,13,15). The van der Waals surface area contributed by atoms with Gasteiger partial charge >= 0.3 is 0 Å². The van der Waals surface area contributed by atoms with Gasteiger partial charge in [0, 0.05) is 13.1 Å². The van der Waals surface area contributed by atoms with Crippen LogP contribution in [0.25, 0.3) is 0 Å². The van der Waals surface area contributed by atoms with E-state index in [-0.39, 0.29) is 12.0 Å². The minimum Gasteiger partial charge on any atom is -0.393 e. The van der Waals surface area contributed by atoms with Gasteiger partial charge in [-0.05, 0) is 25.2 Å². The molecule has 3 N–H and O–H groups in total. The van der Waals surface area contributed by atoms with Gasteiger partial charge in [0.2, 0.25) is 5.91 Å². The lowest BCUT2D eigenvalue weighted by Gasteiger charge is -2.10. The molecule has 2 atom stereocenters. The molecule has 0 radical (unpaired) electrons. The molecule has 15 heavy (non-hydrogen) atoms. The summed E-state index contributed by atoms with van der Waals surface area (Å²) in [5.41, 5.74) is 0. The number of nitrogens with one attached hydrogen (secondary N) is 2. The zero-order valence-corrected chi connectivity index (χ0v) is 9.04. The van der Waals surface area contributed by atoms with E-state index in [1.165, 1.54) is 0 Å². The molecule has 0 heterocycles. The predicted octanol–water partition coefficient (Wildman–Crippen LogP) is 0.0392. The van der Waals surface area contributed by atoms with Gasteiger partial charge in [0.1, 0.15) is 0 Å². The van der Waals surface area contributed by atoms with Crippen LogP contribution in [0.1, 0.15) is 19.3 Å². The topological polar surface area (TPSA) is 61.4 Å². The second-order valence-corrected chi connectivity index (χ2v) is 4.06. The van der Waals surface area contributed by atoms with Crippen molar-refractivity contribution in [2.75, 3.05) is 19.6 Å². The fourth-order valence-electron chi connectivity index (χ4n) is 1.84. The average molecular weight is 212 g/mol. The molecule has 86 valence electrons. The third-order valence-electron chi connectivity index (χ3n) is 2.68. The maximum atomic E-state index is 11.3. The largest absolute Gasteiger partial charge is 0.393 e. The Bertz CT molecular complexity index is 219. The highest BCUT2D eigenvalue weighted by atomic mass is 16.3. The number of aliphatic hydroxyl groups is 1. The monoisotopic (exact) mass is 212 g/mol. The Labute approximate surface area is 90.7 Å². The van der Waals surface area contributed by atoms with Gasteiger partial charge in [0.25, 0.3) is 0 Å². The van der Waals surface area contributed by atoms with Crippen molar-refractivity contribution >= 4 is 5.91 Å². The van der Waals surface area contributed by atoms with E-state index in [1.54, 1.807) is 6.08 Å². The molecule has 0 saturated heterocycles. The first-order chi connectivity index (χ1) is 7.22. The molecule has 4 nitrogen and oxygen atoms in total. The zero-order chi connectivity index (χ0) is 11.1. The Morgan fingerprint density at radius 3 is 2.93 bits per heavy atom. The number of aliphatic hydroxyl groups excluding tert-OH is 1. The van der Waals surface area contributed by atoms with Gasteiger partial charge in [0.15, 0.2) is 0 Å². The van der Waals surface area contributed by atoms with Gasteiger partial charge in [-0.1, -0.05) is 6.08 Å². The van der Waals surface area contributed by atoms with Gasteiger partial charge < -0.3 is 15.7 Å². The molecule has 0 bridgehead atoms. The van der Waals surface area contributed by atoms with E-state index in [1.807, 2.05) is 0 Å². The number of hydrogen-bond donors (Lipinski definition) is 3. The molecule has 1 aliphatic rings. The lowest BCUT2D eigenvalue weighted by Crippen LogP contribution is -2.36. The molecule has 0 aromatic rings. The lowest BCUT2D eigenvalue weighted by atomic mass is 10.1. The molecular weight excluding hydrogens is 192 g/mol. The van der Waals surface area contributed by atoms with Gasteiger partial charge in [0.05, 0.1) is 12.6 Å². The molecular formula is C11H20N2O2. The maximum absolute atomic E-state index is 11.3. The Morgan fingerprint density at radius 1 is 1.53 bits per heavy atom. The van der Waals surface area contributed by atoms with Crippen molar-refractivity contribution in [1.82, 2.24) is 10.6 Å². The van der Waals surface area contributed by atoms with Crippen molar-refractivity contribution in [2.24, 2.45) is 5.92 Å². The smallest absolute Gasteiger partial charge is 0.233 e. The van der Waals surface area contributed by atoms with Crippen molar-refractivity contribution < 1.29 is 9.90 Å². The summed E-state index contributed by atoms with van der Waals surface area (Å²) in [5.74, 6) is 0.460. The molecule has 0 aromatic heterocycles. The van der Waals surface area contributed by atoms with Crippen LogP contribution in [-0.2, 0) is 4.79 Å². The highest BCUT2D eigenvalue weighted by Crippen LogP contribution is 2.24. The number of carbonyl (C=O) groups is 1. The number of hydrogen-bond acceptors (Lipinski definition) is 3. The van der Waals surface area contributed by atoms with Crippen molar-refractivity contribution in [3.05, 3.63) is 12.7 Å². The summed E-state index contributed by atoms with van der Waals surface area (Å²) in [4.78, 5) is 11.3. The highest BCUT2D eigenvalue weighted by molar-refractivity contribution is 5.77. The predicted molar refractivity (Wildman–Crippen MR) is 59.4 cm³/mol. The molecule has 1 aliphatic carbocycles. The molecule has 2 unspecified atom stereocenters. The number of carbonyl (C=O) groups excluding carboxylic acids is 1. The third-order valence-corrected chi connectivity index (χ3v) is 2.68. The van der Waals surface area contributed by atoms with Crippen molar-refractivity contribution in [3.8, 4) is 0 Å². The van der Waals surface area contributed by atoms with Gasteiger partial charge in [-0.2, -0.15) is 0 Å². The van der Waals surface area contributed by atoms with Crippen LogP contribution in [0, 0.1) is 5.92 Å². The third kappa shape index (κ3) is 4.95. The summed E-state index contributed by atoms with van der Waals surface area (Å²) in [6, 6.07) is 0. The van der Waals surface area contributed by atoms with Gasteiger partial charge in [-0.25, -0.2) is 0 Å².